The Kier molecular flexibility index (Phi) is 5.41. The lowest BCUT2D eigenvalue weighted by molar-refractivity contribution is -0.113. The predicted octanol–water partition coefficient (Wildman–Crippen LogP) is 2.98. The van der Waals surface area contributed by atoms with E-state index >= 15 is 0 Å². The van der Waals surface area contributed by atoms with E-state index in [0.717, 1.165) is 5.56 Å². The minimum Gasteiger partial charge on any atom is -0.396 e. The Morgan fingerprint density at radius 2 is 1.92 bits per heavy atom. The molecular weight excluding hydrogens is 376 g/mol. The van der Waals surface area contributed by atoms with Crippen molar-refractivity contribution in [2.24, 2.45) is 4.40 Å². The van der Waals surface area contributed by atoms with E-state index in [1.165, 1.54) is 18.2 Å². The summed E-state index contributed by atoms with van der Waals surface area (Å²) >= 11 is 5.83. The highest BCUT2D eigenvalue weighted by Gasteiger charge is 2.28. The zero-order valence-electron chi connectivity index (χ0n) is 13.7. The van der Waals surface area contributed by atoms with Crippen LogP contribution < -0.4 is 5.32 Å². The van der Waals surface area contributed by atoms with Crippen molar-refractivity contribution in [1.82, 2.24) is 0 Å². The van der Waals surface area contributed by atoms with Crippen LogP contribution in [0, 0.1) is 0 Å². The summed E-state index contributed by atoms with van der Waals surface area (Å²) in [5, 5.41) is 12.6. The van der Waals surface area contributed by atoms with Crippen LogP contribution in [-0.2, 0) is 14.8 Å². The number of halogens is 1. The van der Waals surface area contributed by atoms with Crippen molar-refractivity contribution in [3.63, 3.8) is 0 Å². The number of anilines is 1. The van der Waals surface area contributed by atoms with E-state index in [1.807, 2.05) is 30.3 Å². The van der Waals surface area contributed by atoms with Crippen molar-refractivity contribution < 1.29 is 18.3 Å². The van der Waals surface area contributed by atoms with Crippen molar-refractivity contribution in [2.75, 3.05) is 11.9 Å². The lowest BCUT2D eigenvalue weighted by Gasteiger charge is -2.18. The van der Waals surface area contributed by atoms with Gasteiger partial charge in [0.05, 0.1) is 5.69 Å². The first-order valence-corrected chi connectivity index (χ1v) is 9.83. The smallest absolute Gasteiger partial charge is 0.286 e. The van der Waals surface area contributed by atoms with Gasteiger partial charge in [0, 0.05) is 24.0 Å². The third-order valence-corrected chi connectivity index (χ3v) is 5.71. The number of aliphatic hydroxyl groups is 1. The molecule has 1 heterocycles. The number of nitrogens with one attached hydrogen (secondary N) is 1. The van der Waals surface area contributed by atoms with E-state index < -0.39 is 15.8 Å². The van der Waals surface area contributed by atoms with Gasteiger partial charge in [-0.25, -0.2) is 0 Å². The van der Waals surface area contributed by atoms with Crippen LogP contribution in [0.15, 0.2) is 57.8 Å². The van der Waals surface area contributed by atoms with Gasteiger partial charge in [-0.2, -0.15) is 8.42 Å². The maximum absolute atomic E-state index is 12.4. The van der Waals surface area contributed by atoms with E-state index in [2.05, 4.69) is 9.71 Å². The minimum absolute atomic E-state index is 0.0564. The van der Waals surface area contributed by atoms with Crippen LogP contribution in [0.3, 0.4) is 0 Å². The van der Waals surface area contributed by atoms with Crippen LogP contribution in [-0.4, -0.2) is 31.8 Å². The number of nitrogens with zero attached hydrogens (tertiary/aromatic N) is 1. The third kappa shape index (κ3) is 3.95. The first kappa shape index (κ1) is 18.6. The standard InChI is InChI=1S/C18H17ClN2O4S/c19-14-7-8-15-17(10-14)26(24,25)21-18(20-15)16(23)9-6-13(11-22)12-4-2-1-3-5-12/h1-5,7-8,10,13,22H,6,9,11H2,(H,20,21). The number of fused-ring (bicyclic) bond motifs is 1. The Morgan fingerprint density at radius 3 is 2.62 bits per heavy atom. The SMILES string of the molecule is O=C(CCC(CO)c1ccccc1)C1=NS(=O)(=O)c2cc(Cl)ccc2N1. The van der Waals surface area contributed by atoms with Gasteiger partial charge in [-0.3, -0.25) is 4.79 Å². The number of hydrogen-bond acceptors (Lipinski definition) is 5. The van der Waals surface area contributed by atoms with Crippen molar-refractivity contribution in [2.45, 2.75) is 23.7 Å². The molecule has 1 unspecified atom stereocenters. The zero-order chi connectivity index (χ0) is 18.7. The summed E-state index contributed by atoms with van der Waals surface area (Å²) in [6.07, 6.45) is 0.442. The molecule has 1 aliphatic rings. The molecule has 1 atom stereocenters. The molecule has 0 saturated heterocycles. The molecule has 0 aromatic heterocycles. The van der Waals surface area contributed by atoms with Gasteiger partial charge >= 0.3 is 0 Å². The van der Waals surface area contributed by atoms with E-state index in [9.17, 15) is 18.3 Å². The van der Waals surface area contributed by atoms with Crippen LogP contribution in [0.5, 0.6) is 0 Å². The lowest BCUT2D eigenvalue weighted by Crippen LogP contribution is -2.29. The maximum Gasteiger partial charge on any atom is 0.286 e. The largest absolute Gasteiger partial charge is 0.396 e. The van der Waals surface area contributed by atoms with Gasteiger partial charge in [0.25, 0.3) is 10.0 Å². The van der Waals surface area contributed by atoms with Crippen molar-refractivity contribution in [3.8, 4) is 0 Å². The van der Waals surface area contributed by atoms with Crippen molar-refractivity contribution in [1.29, 1.82) is 0 Å². The van der Waals surface area contributed by atoms with E-state index in [1.54, 1.807) is 0 Å². The number of carbonyl (C=O) groups excluding carboxylic acids is 1. The Morgan fingerprint density at radius 1 is 1.19 bits per heavy atom. The summed E-state index contributed by atoms with van der Waals surface area (Å²) in [6, 6.07) is 13.7. The molecule has 0 aliphatic carbocycles. The highest BCUT2D eigenvalue weighted by atomic mass is 35.5. The molecule has 3 rings (SSSR count). The summed E-state index contributed by atoms with van der Waals surface area (Å²) in [5.74, 6) is -0.847. The molecule has 6 nitrogen and oxygen atoms in total. The first-order chi connectivity index (χ1) is 12.4. The molecule has 26 heavy (non-hydrogen) atoms. The van der Waals surface area contributed by atoms with Gasteiger partial charge in [0.2, 0.25) is 0 Å². The fraction of sp³-hybridized carbons (Fsp3) is 0.222. The Bertz CT molecular complexity index is 958. The van der Waals surface area contributed by atoms with Gasteiger partial charge < -0.3 is 10.4 Å². The van der Waals surface area contributed by atoms with Gasteiger partial charge in [0.15, 0.2) is 11.6 Å². The number of sulfonamides is 1. The topological polar surface area (TPSA) is 95.8 Å². The van der Waals surface area contributed by atoms with E-state index in [-0.39, 0.29) is 40.4 Å². The molecule has 0 spiro atoms. The number of benzene rings is 2. The maximum atomic E-state index is 12.4. The third-order valence-electron chi connectivity index (χ3n) is 4.16. The number of rotatable bonds is 6. The molecule has 1 aliphatic heterocycles. The average Bonchev–Trinajstić information content (AvgIpc) is 2.63. The molecule has 2 aromatic carbocycles. The molecule has 136 valence electrons. The molecule has 2 N–H and O–H groups in total. The van der Waals surface area contributed by atoms with Crippen LogP contribution >= 0.6 is 11.6 Å². The Hall–Kier alpha value is -2.22. The molecular formula is C18H17ClN2O4S. The number of aliphatic hydroxyl groups excluding tert-OH is 1. The second-order valence-corrected chi connectivity index (χ2v) is 7.94. The second-order valence-electron chi connectivity index (χ2n) is 5.93. The van der Waals surface area contributed by atoms with Gasteiger partial charge in [0.1, 0.15) is 4.90 Å². The van der Waals surface area contributed by atoms with E-state index in [4.69, 9.17) is 11.6 Å². The number of Topliss-reactive ketones (excluding diaryl/α,β-unsaturated/α-hetero) is 1. The van der Waals surface area contributed by atoms with Crippen LogP contribution in [0.4, 0.5) is 5.69 Å². The summed E-state index contributed by atoms with van der Waals surface area (Å²) in [5.41, 5.74) is 1.20. The number of ketones is 1. The van der Waals surface area contributed by atoms with Gasteiger partial charge in [-0.1, -0.05) is 41.9 Å². The molecule has 0 fully saturated rings. The van der Waals surface area contributed by atoms with E-state index in [0.29, 0.717) is 6.42 Å². The molecule has 0 amide bonds. The first-order valence-electron chi connectivity index (χ1n) is 8.01. The average molecular weight is 393 g/mol. The molecule has 2 aromatic rings. The highest BCUT2D eigenvalue weighted by molar-refractivity contribution is 7.90. The quantitative estimate of drug-likeness (QED) is 0.787. The molecule has 0 bridgehead atoms. The summed E-state index contributed by atoms with van der Waals surface area (Å²) < 4.78 is 28.1. The summed E-state index contributed by atoms with van der Waals surface area (Å²) in [7, 11) is -3.98. The van der Waals surface area contributed by atoms with Crippen LogP contribution in [0.25, 0.3) is 0 Å². The normalized spacial score (nSPS) is 16.2. The van der Waals surface area contributed by atoms with Crippen molar-refractivity contribution in [3.05, 3.63) is 59.1 Å². The molecule has 0 radical (unpaired) electrons. The van der Waals surface area contributed by atoms with Gasteiger partial charge in [-0.05, 0) is 30.2 Å². The Labute approximate surface area is 156 Å². The summed E-state index contributed by atoms with van der Waals surface area (Å²) in [6.45, 7) is -0.100. The summed E-state index contributed by atoms with van der Waals surface area (Å²) in [4.78, 5) is 12.4. The fourth-order valence-corrected chi connectivity index (χ4v) is 4.16. The number of hydrogen-bond donors (Lipinski definition) is 2. The second kappa shape index (κ2) is 7.57. The lowest BCUT2D eigenvalue weighted by atomic mass is 9.94. The van der Waals surface area contributed by atoms with Gasteiger partial charge in [-0.15, -0.1) is 4.40 Å². The highest BCUT2D eigenvalue weighted by Crippen LogP contribution is 2.30. The monoisotopic (exact) mass is 392 g/mol. The molecule has 0 saturated carbocycles. The number of amidine groups is 1. The van der Waals surface area contributed by atoms with Crippen LogP contribution in [0.1, 0.15) is 24.3 Å². The predicted molar refractivity (Wildman–Crippen MR) is 100 cm³/mol. The zero-order valence-corrected chi connectivity index (χ0v) is 15.3. The minimum atomic E-state index is -3.98. The fourth-order valence-electron chi connectivity index (χ4n) is 2.77. The number of carbonyl (C=O) groups is 1. The Balaban J connectivity index is 1.75. The van der Waals surface area contributed by atoms with Crippen molar-refractivity contribution >= 4 is 38.9 Å². The van der Waals surface area contributed by atoms with Crippen LogP contribution in [0.2, 0.25) is 5.02 Å². The molecule has 8 heteroatoms.